The van der Waals surface area contributed by atoms with Gasteiger partial charge in [0.05, 0.1) is 5.02 Å². The highest BCUT2D eigenvalue weighted by Crippen LogP contribution is 2.42. The van der Waals surface area contributed by atoms with E-state index in [0.29, 0.717) is 28.7 Å². The largest absolute Gasteiger partial charge is 0.484 e. The molecular formula is C20H20ClN3OS. The van der Waals surface area contributed by atoms with Crippen molar-refractivity contribution < 1.29 is 4.74 Å². The number of para-hydroxylation sites is 1. The molecule has 3 aromatic rings. The Morgan fingerprint density at radius 2 is 1.85 bits per heavy atom. The van der Waals surface area contributed by atoms with Crippen LogP contribution in [0.5, 0.6) is 5.75 Å². The molecule has 0 radical (unpaired) electrons. The SMILES string of the molecule is CC(Sc1nnc(COc2ccccc2Cl)n1C1CC1)c1ccccc1. The van der Waals surface area contributed by atoms with Gasteiger partial charge in [0.2, 0.25) is 0 Å². The Morgan fingerprint density at radius 3 is 2.58 bits per heavy atom. The maximum atomic E-state index is 6.18. The molecule has 0 saturated heterocycles. The van der Waals surface area contributed by atoms with Gasteiger partial charge in [-0.05, 0) is 37.5 Å². The van der Waals surface area contributed by atoms with Crippen LogP contribution in [0.4, 0.5) is 0 Å². The first-order valence-electron chi connectivity index (χ1n) is 8.75. The normalized spacial score (nSPS) is 15.0. The van der Waals surface area contributed by atoms with E-state index >= 15 is 0 Å². The molecule has 4 nitrogen and oxygen atoms in total. The van der Waals surface area contributed by atoms with Gasteiger partial charge in [-0.3, -0.25) is 4.57 Å². The predicted molar refractivity (Wildman–Crippen MR) is 105 cm³/mol. The Bertz CT molecular complexity index is 880. The fraction of sp³-hybridized carbons (Fsp3) is 0.300. The van der Waals surface area contributed by atoms with E-state index in [4.69, 9.17) is 16.3 Å². The monoisotopic (exact) mass is 385 g/mol. The third-order valence-corrected chi connectivity index (χ3v) is 5.82. The highest BCUT2D eigenvalue weighted by molar-refractivity contribution is 7.99. The van der Waals surface area contributed by atoms with Gasteiger partial charge in [0.1, 0.15) is 12.4 Å². The Kier molecular flexibility index (Phi) is 5.18. The van der Waals surface area contributed by atoms with Crippen LogP contribution in [0.2, 0.25) is 5.02 Å². The van der Waals surface area contributed by atoms with Crippen LogP contribution in [-0.4, -0.2) is 14.8 Å². The fourth-order valence-corrected chi connectivity index (χ4v) is 4.10. The molecule has 1 aliphatic rings. The number of aromatic nitrogens is 3. The van der Waals surface area contributed by atoms with Crippen molar-refractivity contribution in [2.45, 2.75) is 42.8 Å². The molecule has 26 heavy (non-hydrogen) atoms. The van der Waals surface area contributed by atoms with Crippen molar-refractivity contribution in [3.8, 4) is 5.75 Å². The highest BCUT2D eigenvalue weighted by Gasteiger charge is 2.30. The number of rotatable bonds is 7. The van der Waals surface area contributed by atoms with Gasteiger partial charge in [0, 0.05) is 11.3 Å². The second-order valence-corrected chi connectivity index (χ2v) is 8.10. The fourth-order valence-electron chi connectivity index (χ4n) is 2.84. The lowest BCUT2D eigenvalue weighted by atomic mass is 10.2. The zero-order valence-electron chi connectivity index (χ0n) is 14.5. The number of ether oxygens (including phenoxy) is 1. The van der Waals surface area contributed by atoms with Crippen LogP contribution in [0, 0.1) is 0 Å². The molecule has 1 atom stereocenters. The van der Waals surface area contributed by atoms with Crippen molar-refractivity contribution in [3.63, 3.8) is 0 Å². The summed E-state index contributed by atoms with van der Waals surface area (Å²) in [5.74, 6) is 1.53. The molecule has 0 amide bonds. The van der Waals surface area contributed by atoms with Crippen LogP contribution in [0.3, 0.4) is 0 Å². The Hall–Kier alpha value is -1.98. The van der Waals surface area contributed by atoms with E-state index in [0.717, 1.165) is 11.0 Å². The number of hydrogen-bond acceptors (Lipinski definition) is 4. The first kappa shape index (κ1) is 17.4. The van der Waals surface area contributed by atoms with Gasteiger partial charge in [0.25, 0.3) is 0 Å². The summed E-state index contributed by atoms with van der Waals surface area (Å²) in [5.41, 5.74) is 1.29. The molecule has 1 heterocycles. The third kappa shape index (κ3) is 3.89. The van der Waals surface area contributed by atoms with Gasteiger partial charge in [-0.15, -0.1) is 10.2 Å². The Labute approximate surface area is 162 Å². The van der Waals surface area contributed by atoms with Crippen LogP contribution in [0.1, 0.15) is 42.4 Å². The summed E-state index contributed by atoms with van der Waals surface area (Å²) in [4.78, 5) is 0. The molecule has 4 rings (SSSR count). The zero-order chi connectivity index (χ0) is 17.9. The maximum Gasteiger partial charge on any atom is 0.192 e. The quantitative estimate of drug-likeness (QED) is 0.489. The van der Waals surface area contributed by atoms with Crippen molar-refractivity contribution in [1.29, 1.82) is 0 Å². The van der Waals surface area contributed by atoms with E-state index in [1.54, 1.807) is 11.8 Å². The summed E-state index contributed by atoms with van der Waals surface area (Å²) in [7, 11) is 0. The number of nitrogens with zero attached hydrogens (tertiary/aromatic N) is 3. The lowest BCUT2D eigenvalue weighted by Crippen LogP contribution is -2.07. The van der Waals surface area contributed by atoms with E-state index in [1.807, 2.05) is 30.3 Å². The summed E-state index contributed by atoms with van der Waals surface area (Å²) in [5, 5.41) is 10.7. The Balaban J connectivity index is 1.51. The highest BCUT2D eigenvalue weighted by atomic mass is 35.5. The summed E-state index contributed by atoms with van der Waals surface area (Å²) in [6.07, 6.45) is 2.34. The molecule has 1 aliphatic carbocycles. The molecule has 1 fully saturated rings. The molecular weight excluding hydrogens is 366 g/mol. The zero-order valence-corrected chi connectivity index (χ0v) is 16.1. The molecule has 1 unspecified atom stereocenters. The van der Waals surface area contributed by atoms with Gasteiger partial charge >= 0.3 is 0 Å². The second-order valence-electron chi connectivity index (χ2n) is 6.39. The van der Waals surface area contributed by atoms with Crippen LogP contribution in [0.25, 0.3) is 0 Å². The molecule has 0 aliphatic heterocycles. The van der Waals surface area contributed by atoms with Gasteiger partial charge in [0.15, 0.2) is 11.0 Å². The van der Waals surface area contributed by atoms with Gasteiger partial charge < -0.3 is 4.74 Å². The minimum absolute atomic E-state index is 0.315. The topological polar surface area (TPSA) is 39.9 Å². The molecule has 134 valence electrons. The summed E-state index contributed by atoms with van der Waals surface area (Å²) in [6, 6.07) is 18.5. The molecule has 0 N–H and O–H groups in total. The summed E-state index contributed by atoms with van der Waals surface area (Å²) >= 11 is 7.92. The van der Waals surface area contributed by atoms with Crippen molar-refractivity contribution in [2.24, 2.45) is 0 Å². The van der Waals surface area contributed by atoms with E-state index < -0.39 is 0 Å². The van der Waals surface area contributed by atoms with Crippen LogP contribution < -0.4 is 4.74 Å². The van der Waals surface area contributed by atoms with Crippen molar-refractivity contribution in [3.05, 3.63) is 71.0 Å². The summed E-state index contributed by atoms with van der Waals surface area (Å²) in [6.45, 7) is 2.57. The number of halogens is 1. The molecule has 1 saturated carbocycles. The molecule has 0 spiro atoms. The van der Waals surface area contributed by atoms with Crippen molar-refractivity contribution in [2.75, 3.05) is 0 Å². The van der Waals surface area contributed by atoms with Crippen LogP contribution in [0.15, 0.2) is 59.8 Å². The predicted octanol–water partition coefficient (Wildman–Crippen LogP) is 5.70. The minimum Gasteiger partial charge on any atom is -0.484 e. The van der Waals surface area contributed by atoms with E-state index in [9.17, 15) is 0 Å². The summed E-state index contributed by atoms with van der Waals surface area (Å²) < 4.78 is 8.12. The average Bonchev–Trinajstić information content (AvgIpc) is 3.43. The molecule has 1 aromatic heterocycles. The van der Waals surface area contributed by atoms with E-state index in [1.165, 1.54) is 18.4 Å². The van der Waals surface area contributed by atoms with Crippen LogP contribution >= 0.6 is 23.4 Å². The molecule has 2 aromatic carbocycles. The third-order valence-electron chi connectivity index (χ3n) is 4.39. The molecule has 6 heteroatoms. The van der Waals surface area contributed by atoms with Gasteiger partial charge in [-0.1, -0.05) is 65.8 Å². The van der Waals surface area contributed by atoms with Crippen molar-refractivity contribution >= 4 is 23.4 Å². The number of hydrogen-bond donors (Lipinski definition) is 0. The standard InChI is InChI=1S/C20H20ClN3OS/c1-14(15-7-3-2-4-8-15)26-20-23-22-19(24(20)16-11-12-16)13-25-18-10-6-5-9-17(18)21/h2-10,14,16H,11-13H2,1H3. The lowest BCUT2D eigenvalue weighted by molar-refractivity contribution is 0.288. The smallest absolute Gasteiger partial charge is 0.192 e. The number of benzene rings is 2. The average molecular weight is 386 g/mol. The maximum absolute atomic E-state index is 6.18. The van der Waals surface area contributed by atoms with E-state index in [2.05, 4.69) is 46.0 Å². The lowest BCUT2D eigenvalue weighted by Gasteiger charge is -2.13. The van der Waals surface area contributed by atoms with E-state index in [-0.39, 0.29) is 0 Å². The minimum atomic E-state index is 0.315. The molecule has 0 bridgehead atoms. The first-order valence-corrected chi connectivity index (χ1v) is 10.0. The number of thioether (sulfide) groups is 1. The van der Waals surface area contributed by atoms with Crippen molar-refractivity contribution in [1.82, 2.24) is 14.8 Å². The van der Waals surface area contributed by atoms with Crippen LogP contribution in [-0.2, 0) is 6.61 Å². The van der Waals surface area contributed by atoms with Gasteiger partial charge in [-0.25, -0.2) is 0 Å². The Morgan fingerprint density at radius 1 is 1.12 bits per heavy atom. The van der Waals surface area contributed by atoms with Gasteiger partial charge in [-0.2, -0.15) is 0 Å². The first-order chi connectivity index (χ1) is 12.7. The second kappa shape index (κ2) is 7.72.